The normalized spacial score (nSPS) is 19.4. The van der Waals surface area contributed by atoms with Crippen LogP contribution in [0.15, 0.2) is 30.5 Å². The van der Waals surface area contributed by atoms with Crippen LogP contribution in [0.1, 0.15) is 55.4 Å². The van der Waals surface area contributed by atoms with Crippen LogP contribution in [0.4, 0.5) is 5.69 Å². The van der Waals surface area contributed by atoms with Gasteiger partial charge in [-0.25, -0.2) is 4.98 Å². The Balaban J connectivity index is 1.18. The van der Waals surface area contributed by atoms with Crippen LogP contribution in [0.5, 0.6) is 0 Å². The lowest BCUT2D eigenvalue weighted by molar-refractivity contribution is -0.118. The number of hydrogen-bond donors (Lipinski definition) is 1. The molecule has 5 rings (SSSR count). The molecule has 0 bridgehead atoms. The zero-order valence-corrected chi connectivity index (χ0v) is 20.3. The third kappa shape index (κ3) is 4.54. The minimum absolute atomic E-state index is 0.00147. The molecule has 1 N–H and O–H groups in total. The highest BCUT2D eigenvalue weighted by molar-refractivity contribution is 5.92. The number of fused-ring (bicyclic) bond motifs is 2. The summed E-state index contributed by atoms with van der Waals surface area (Å²) in [5, 5.41) is 3.04. The molecule has 1 aromatic carbocycles. The summed E-state index contributed by atoms with van der Waals surface area (Å²) in [6.07, 6.45) is 6.56. The number of hydrogen-bond acceptors (Lipinski definition) is 4. The lowest BCUT2D eigenvalue weighted by Crippen LogP contribution is -2.38. The smallest absolute Gasteiger partial charge is 0.226 e. The van der Waals surface area contributed by atoms with E-state index >= 15 is 0 Å². The minimum Gasteiger partial charge on any atom is -0.326 e. The lowest BCUT2D eigenvalue weighted by atomic mass is 10.0. The van der Waals surface area contributed by atoms with E-state index in [1.54, 1.807) is 0 Å². The highest BCUT2D eigenvalue weighted by atomic mass is 16.1. The fourth-order valence-electron chi connectivity index (χ4n) is 5.60. The van der Waals surface area contributed by atoms with Crippen LogP contribution in [0.2, 0.25) is 0 Å². The Bertz CT molecular complexity index is 1170. The minimum atomic E-state index is -0.00147. The van der Waals surface area contributed by atoms with E-state index in [2.05, 4.69) is 51.0 Å². The number of aromatic nitrogens is 3. The first-order valence-corrected chi connectivity index (χ1v) is 12.3. The second-order valence-corrected chi connectivity index (χ2v) is 10.3. The number of amides is 1. The quantitative estimate of drug-likeness (QED) is 0.619. The zero-order chi connectivity index (χ0) is 23.1. The van der Waals surface area contributed by atoms with Crippen molar-refractivity contribution >= 4 is 22.6 Å². The maximum atomic E-state index is 12.0. The molecule has 1 atom stereocenters. The van der Waals surface area contributed by atoms with Crippen molar-refractivity contribution in [3.8, 4) is 0 Å². The molecule has 33 heavy (non-hydrogen) atoms. The van der Waals surface area contributed by atoms with Crippen molar-refractivity contribution in [3.63, 3.8) is 0 Å². The molecule has 3 heterocycles. The van der Waals surface area contributed by atoms with E-state index < -0.39 is 0 Å². The van der Waals surface area contributed by atoms with Crippen molar-refractivity contribution in [1.29, 1.82) is 0 Å². The SMILES string of the molecule is Cc1cc2nc(C)n(C3CCN(C[C@H]4Cc5ccc(NC(=O)C(C)C)cc5C4)CC3)c2cn1. The number of rotatable bonds is 5. The molecule has 1 fully saturated rings. The van der Waals surface area contributed by atoms with Crippen molar-refractivity contribution in [2.75, 3.05) is 25.0 Å². The molecular formula is C27H35N5O. The summed E-state index contributed by atoms with van der Waals surface area (Å²) in [4.78, 5) is 24.0. The number of pyridine rings is 1. The van der Waals surface area contributed by atoms with Gasteiger partial charge in [0, 0.05) is 43.0 Å². The van der Waals surface area contributed by atoms with Gasteiger partial charge >= 0.3 is 0 Å². The van der Waals surface area contributed by atoms with Gasteiger partial charge in [0.2, 0.25) is 5.91 Å². The molecule has 6 nitrogen and oxygen atoms in total. The summed E-state index contributed by atoms with van der Waals surface area (Å²) in [6, 6.07) is 9.04. The summed E-state index contributed by atoms with van der Waals surface area (Å²) in [5.41, 5.74) is 7.04. The maximum absolute atomic E-state index is 12.0. The fraction of sp³-hybridized carbons (Fsp3) is 0.519. The third-order valence-electron chi connectivity index (χ3n) is 7.34. The number of aryl methyl sites for hydroxylation is 2. The number of piperidine rings is 1. The standard InChI is InChI=1S/C27H35N5O/c1-17(2)27(33)30-23-6-5-21-12-20(13-22(21)14-23)16-31-9-7-24(8-10-31)32-19(4)29-25-11-18(3)28-15-26(25)32/h5-6,11,14-15,17,20,24H,7-10,12-13,16H2,1-4H3,(H,30,33)/t20-/m0/s1. The number of carbonyl (C=O) groups excluding carboxylic acids is 1. The Morgan fingerprint density at radius 2 is 1.88 bits per heavy atom. The third-order valence-corrected chi connectivity index (χ3v) is 7.34. The predicted molar refractivity (Wildman–Crippen MR) is 133 cm³/mol. The topological polar surface area (TPSA) is 63.1 Å². The lowest BCUT2D eigenvalue weighted by Gasteiger charge is -2.34. The van der Waals surface area contributed by atoms with Crippen LogP contribution in [0.3, 0.4) is 0 Å². The molecule has 2 aromatic heterocycles. The Morgan fingerprint density at radius 1 is 1.12 bits per heavy atom. The molecule has 0 unspecified atom stereocenters. The van der Waals surface area contributed by atoms with E-state index in [9.17, 15) is 4.79 Å². The van der Waals surface area contributed by atoms with E-state index in [1.165, 1.54) is 16.6 Å². The summed E-state index contributed by atoms with van der Waals surface area (Å²) in [6.45, 7) is 11.4. The summed E-state index contributed by atoms with van der Waals surface area (Å²) >= 11 is 0. The van der Waals surface area contributed by atoms with Crippen LogP contribution in [-0.4, -0.2) is 45.0 Å². The number of nitrogens with one attached hydrogen (secondary N) is 1. The Hall–Kier alpha value is -2.73. The second kappa shape index (κ2) is 8.90. The van der Waals surface area contributed by atoms with E-state index in [4.69, 9.17) is 4.98 Å². The summed E-state index contributed by atoms with van der Waals surface area (Å²) < 4.78 is 2.41. The Morgan fingerprint density at radius 3 is 2.64 bits per heavy atom. The molecule has 0 saturated carbocycles. The van der Waals surface area contributed by atoms with Gasteiger partial charge in [-0.3, -0.25) is 9.78 Å². The molecule has 0 radical (unpaired) electrons. The van der Waals surface area contributed by atoms with E-state index in [0.29, 0.717) is 12.0 Å². The van der Waals surface area contributed by atoms with Gasteiger partial charge in [0.15, 0.2) is 0 Å². The van der Waals surface area contributed by atoms with Gasteiger partial charge in [-0.1, -0.05) is 19.9 Å². The fourth-order valence-corrected chi connectivity index (χ4v) is 5.60. The first-order chi connectivity index (χ1) is 15.9. The molecule has 1 saturated heterocycles. The van der Waals surface area contributed by atoms with Crippen LogP contribution in [0.25, 0.3) is 11.0 Å². The largest absolute Gasteiger partial charge is 0.326 e. The molecule has 1 aliphatic heterocycles. The monoisotopic (exact) mass is 445 g/mol. The molecule has 174 valence electrons. The second-order valence-electron chi connectivity index (χ2n) is 10.3. The number of likely N-dealkylation sites (tertiary alicyclic amines) is 1. The van der Waals surface area contributed by atoms with Crippen molar-refractivity contribution in [2.24, 2.45) is 11.8 Å². The van der Waals surface area contributed by atoms with Gasteiger partial charge in [0.25, 0.3) is 0 Å². The van der Waals surface area contributed by atoms with Gasteiger partial charge < -0.3 is 14.8 Å². The molecule has 6 heteroatoms. The highest BCUT2D eigenvalue weighted by Crippen LogP contribution is 2.32. The Kier molecular flexibility index (Phi) is 5.95. The van der Waals surface area contributed by atoms with Gasteiger partial charge in [-0.2, -0.15) is 0 Å². The van der Waals surface area contributed by atoms with Crippen LogP contribution in [0, 0.1) is 25.7 Å². The highest BCUT2D eigenvalue weighted by Gasteiger charge is 2.28. The average molecular weight is 446 g/mol. The van der Waals surface area contributed by atoms with E-state index in [0.717, 1.165) is 68.0 Å². The molecule has 1 aliphatic carbocycles. The van der Waals surface area contributed by atoms with E-state index in [1.807, 2.05) is 27.0 Å². The van der Waals surface area contributed by atoms with Crippen LogP contribution < -0.4 is 5.32 Å². The first kappa shape index (κ1) is 22.1. The van der Waals surface area contributed by atoms with Crippen molar-refractivity contribution in [1.82, 2.24) is 19.4 Å². The summed E-state index contributed by atoms with van der Waals surface area (Å²) in [7, 11) is 0. The van der Waals surface area contributed by atoms with E-state index in [-0.39, 0.29) is 11.8 Å². The van der Waals surface area contributed by atoms with Crippen LogP contribution in [-0.2, 0) is 17.6 Å². The molecule has 2 aliphatic rings. The zero-order valence-electron chi connectivity index (χ0n) is 20.3. The van der Waals surface area contributed by atoms with Crippen LogP contribution >= 0.6 is 0 Å². The van der Waals surface area contributed by atoms with Crippen molar-refractivity contribution in [2.45, 2.75) is 59.4 Å². The number of imidazole rings is 1. The molecule has 1 amide bonds. The predicted octanol–water partition coefficient (Wildman–Crippen LogP) is 4.69. The molecule has 0 spiro atoms. The Labute approximate surface area is 196 Å². The average Bonchev–Trinajstić information content (AvgIpc) is 3.32. The number of benzene rings is 1. The number of anilines is 1. The number of carbonyl (C=O) groups is 1. The molecule has 3 aromatic rings. The maximum Gasteiger partial charge on any atom is 0.226 e. The molecular weight excluding hydrogens is 410 g/mol. The number of nitrogens with zero attached hydrogens (tertiary/aromatic N) is 4. The van der Waals surface area contributed by atoms with Crippen molar-refractivity contribution < 1.29 is 4.79 Å². The van der Waals surface area contributed by atoms with Gasteiger partial charge in [0.1, 0.15) is 5.82 Å². The first-order valence-electron chi connectivity index (χ1n) is 12.3. The van der Waals surface area contributed by atoms with Gasteiger partial charge in [0.05, 0.1) is 17.2 Å². The van der Waals surface area contributed by atoms with Crippen molar-refractivity contribution in [3.05, 3.63) is 53.1 Å². The van der Waals surface area contributed by atoms with Gasteiger partial charge in [-0.05, 0) is 74.8 Å². The van der Waals surface area contributed by atoms with Gasteiger partial charge in [-0.15, -0.1) is 0 Å². The summed E-state index contributed by atoms with van der Waals surface area (Å²) in [5.74, 6) is 1.84.